The molecule has 5 aromatic rings. The Morgan fingerprint density at radius 2 is 0.822 bits per heavy atom. The van der Waals surface area contributed by atoms with Crippen LogP contribution in [0.3, 0.4) is 0 Å². The van der Waals surface area contributed by atoms with Gasteiger partial charge in [0.15, 0.2) is 0 Å². The summed E-state index contributed by atoms with van der Waals surface area (Å²) in [6.07, 6.45) is 0. The van der Waals surface area contributed by atoms with Gasteiger partial charge in [-0.05, 0) is 100 Å². The van der Waals surface area contributed by atoms with Crippen LogP contribution < -0.4 is 37.7 Å². The van der Waals surface area contributed by atoms with Crippen LogP contribution in [0.2, 0.25) is 0 Å². The number of aryl methyl sites for hydroxylation is 8. The van der Waals surface area contributed by atoms with E-state index in [1.807, 2.05) is 0 Å². The highest BCUT2D eigenvalue weighted by atomic mass is 15.2. The monoisotopic (exact) mass is 585 g/mol. The number of anilines is 3. The molecule has 0 aromatic heterocycles. The smallest absolute Gasteiger partial charge is 0.247 e. The molecule has 0 bridgehead atoms. The number of benzene rings is 5. The molecule has 45 heavy (non-hydrogen) atoms. The third-order valence-electron chi connectivity index (χ3n) is 10.4. The average molecular weight is 585 g/mol. The van der Waals surface area contributed by atoms with Gasteiger partial charge in [-0.2, -0.15) is 0 Å². The Labute approximate surface area is 271 Å². The third kappa shape index (κ3) is 4.61. The maximum atomic E-state index is 2.62. The zero-order valence-electron chi connectivity index (χ0n) is 29.0. The topological polar surface area (TPSA) is 3.24 Å². The van der Waals surface area contributed by atoms with Crippen LogP contribution in [0.1, 0.15) is 70.8 Å². The first kappa shape index (κ1) is 29.7. The highest BCUT2D eigenvalue weighted by Gasteiger charge is 2.45. The molecule has 0 atom stereocenters. The molecule has 224 valence electrons. The molecule has 0 aliphatic carbocycles. The van der Waals surface area contributed by atoms with Gasteiger partial charge in [0.2, 0.25) is 13.4 Å². The summed E-state index contributed by atoms with van der Waals surface area (Å²) in [5, 5.41) is 0. The van der Waals surface area contributed by atoms with Crippen LogP contribution in [0.5, 0.6) is 0 Å². The lowest BCUT2D eigenvalue weighted by Gasteiger charge is -2.45. The molecular formula is C42H45B2N. The molecule has 0 spiro atoms. The Hall–Kier alpha value is -3.97. The summed E-state index contributed by atoms with van der Waals surface area (Å²) < 4.78 is 0. The fourth-order valence-corrected chi connectivity index (χ4v) is 8.65. The standard InChI is InChI=1S/C42H45B2N/c1-24-12-14-37-33(20-24)43(39-28(5)16-26(3)17-29(39)6)35-22-32(42(9,10)11)23-36-41(35)45(37)38-15-13-25(2)21-34(38)44(36)40-30(7)18-27(4)19-31(40)8/h12-23H,1-11H3. The number of nitrogens with zero attached hydrogens (tertiary/aromatic N) is 1. The number of rotatable bonds is 2. The molecule has 0 saturated carbocycles. The van der Waals surface area contributed by atoms with E-state index in [0.29, 0.717) is 0 Å². The Kier molecular flexibility index (Phi) is 6.79. The van der Waals surface area contributed by atoms with E-state index in [2.05, 4.69) is 154 Å². The predicted octanol–water partition coefficient (Wildman–Crippen LogP) is 6.58. The first-order valence-corrected chi connectivity index (χ1v) is 16.6. The fourth-order valence-electron chi connectivity index (χ4n) is 8.65. The van der Waals surface area contributed by atoms with Crippen molar-refractivity contribution in [2.75, 3.05) is 4.90 Å². The van der Waals surface area contributed by atoms with Gasteiger partial charge >= 0.3 is 0 Å². The van der Waals surface area contributed by atoms with Crippen LogP contribution in [0.15, 0.2) is 72.8 Å². The van der Waals surface area contributed by atoms with Crippen molar-refractivity contribution in [3.05, 3.63) is 123 Å². The van der Waals surface area contributed by atoms with Crippen molar-refractivity contribution < 1.29 is 0 Å². The van der Waals surface area contributed by atoms with Crippen LogP contribution in [-0.4, -0.2) is 13.4 Å². The second-order valence-corrected chi connectivity index (χ2v) is 15.2. The van der Waals surface area contributed by atoms with Gasteiger partial charge < -0.3 is 4.90 Å². The Morgan fingerprint density at radius 1 is 0.444 bits per heavy atom. The van der Waals surface area contributed by atoms with Crippen LogP contribution >= 0.6 is 0 Å². The van der Waals surface area contributed by atoms with Crippen LogP contribution in [0.4, 0.5) is 17.1 Å². The highest BCUT2D eigenvalue weighted by molar-refractivity contribution is 7.02. The van der Waals surface area contributed by atoms with Gasteiger partial charge in [-0.25, -0.2) is 0 Å². The third-order valence-corrected chi connectivity index (χ3v) is 10.4. The normalized spacial score (nSPS) is 13.5. The van der Waals surface area contributed by atoms with Crippen LogP contribution in [0.25, 0.3) is 0 Å². The molecule has 0 fully saturated rings. The summed E-state index contributed by atoms with van der Waals surface area (Å²) in [5.41, 5.74) is 24.8. The van der Waals surface area contributed by atoms with Crippen molar-refractivity contribution in [3.63, 3.8) is 0 Å². The van der Waals surface area contributed by atoms with Gasteiger partial charge in [0.1, 0.15) is 0 Å². The minimum atomic E-state index is -0.0000457. The molecule has 0 unspecified atom stereocenters. The molecule has 1 nitrogen and oxygen atoms in total. The highest BCUT2D eigenvalue weighted by Crippen LogP contribution is 2.39. The lowest BCUT2D eigenvalue weighted by molar-refractivity contribution is 0.591. The lowest BCUT2D eigenvalue weighted by Crippen LogP contribution is -2.66. The molecule has 7 rings (SSSR count). The molecule has 3 heteroatoms. The summed E-state index contributed by atoms with van der Waals surface area (Å²) in [5.74, 6) is 0. The summed E-state index contributed by atoms with van der Waals surface area (Å²) in [4.78, 5) is 2.62. The van der Waals surface area contributed by atoms with E-state index in [4.69, 9.17) is 0 Å². The van der Waals surface area contributed by atoms with E-state index in [-0.39, 0.29) is 18.8 Å². The van der Waals surface area contributed by atoms with Gasteiger partial charge in [-0.3, -0.25) is 0 Å². The Morgan fingerprint density at radius 3 is 1.18 bits per heavy atom. The van der Waals surface area contributed by atoms with Gasteiger partial charge in [-0.15, -0.1) is 0 Å². The van der Waals surface area contributed by atoms with E-state index in [0.717, 1.165) is 0 Å². The van der Waals surface area contributed by atoms with Crippen molar-refractivity contribution in [3.8, 4) is 0 Å². The molecular weight excluding hydrogens is 540 g/mol. The largest absolute Gasteiger partial charge is 0.313 e. The van der Waals surface area contributed by atoms with Gasteiger partial charge in [0, 0.05) is 17.1 Å². The van der Waals surface area contributed by atoms with Crippen molar-refractivity contribution >= 4 is 63.3 Å². The minimum Gasteiger partial charge on any atom is -0.313 e. The summed E-state index contributed by atoms with van der Waals surface area (Å²) >= 11 is 0. The maximum absolute atomic E-state index is 2.62. The second kappa shape index (κ2) is 10.3. The first-order chi connectivity index (χ1) is 21.2. The lowest BCUT2D eigenvalue weighted by atomic mass is 9.29. The zero-order chi connectivity index (χ0) is 32.1. The number of fused-ring (bicyclic) bond motifs is 4. The summed E-state index contributed by atoms with van der Waals surface area (Å²) in [6, 6.07) is 28.9. The van der Waals surface area contributed by atoms with E-state index in [1.54, 1.807) is 0 Å². The zero-order valence-corrected chi connectivity index (χ0v) is 29.0. The van der Waals surface area contributed by atoms with Crippen molar-refractivity contribution in [2.45, 2.75) is 81.6 Å². The van der Waals surface area contributed by atoms with Crippen molar-refractivity contribution in [2.24, 2.45) is 0 Å². The van der Waals surface area contributed by atoms with E-state index >= 15 is 0 Å². The minimum absolute atomic E-state index is 0.0000457. The predicted molar refractivity (Wildman–Crippen MR) is 200 cm³/mol. The quantitative estimate of drug-likeness (QED) is 0.207. The second-order valence-electron chi connectivity index (χ2n) is 15.2. The Bertz CT molecular complexity index is 1860. The van der Waals surface area contributed by atoms with E-state index < -0.39 is 0 Å². The summed E-state index contributed by atoms with van der Waals surface area (Å²) in [7, 11) is 0. The van der Waals surface area contributed by atoms with Gasteiger partial charge in [0.25, 0.3) is 0 Å². The van der Waals surface area contributed by atoms with Gasteiger partial charge in [0.05, 0.1) is 0 Å². The van der Waals surface area contributed by atoms with Crippen LogP contribution in [-0.2, 0) is 5.41 Å². The van der Waals surface area contributed by atoms with Gasteiger partial charge in [-0.1, -0.05) is 137 Å². The molecule has 2 aliphatic heterocycles. The fraction of sp³-hybridized carbons (Fsp3) is 0.286. The van der Waals surface area contributed by atoms with Crippen LogP contribution in [0, 0.1) is 55.4 Å². The van der Waals surface area contributed by atoms with Crippen molar-refractivity contribution in [1.29, 1.82) is 0 Å². The average Bonchev–Trinajstić information content (AvgIpc) is 2.93. The first-order valence-electron chi connectivity index (χ1n) is 16.6. The van der Waals surface area contributed by atoms with E-state index in [1.165, 1.54) is 99.9 Å². The Balaban J connectivity index is 1.68. The van der Waals surface area contributed by atoms with Crippen molar-refractivity contribution in [1.82, 2.24) is 0 Å². The molecule has 0 radical (unpaired) electrons. The SMILES string of the molecule is Cc1cc(C)c(B2c3cc(C)ccc3N3c4ccc(C)cc4B(c4c(C)cc(C)cc4C)c4cc(C(C)(C)C)cc2c43)c(C)c1. The molecule has 2 aliphatic rings. The molecule has 5 aromatic carbocycles. The maximum Gasteiger partial charge on any atom is 0.247 e. The van der Waals surface area contributed by atoms with E-state index in [9.17, 15) is 0 Å². The number of hydrogen-bond donors (Lipinski definition) is 0. The molecule has 0 amide bonds. The summed E-state index contributed by atoms with van der Waals surface area (Å²) in [6.45, 7) is 25.6. The number of hydrogen-bond acceptors (Lipinski definition) is 1. The molecule has 2 heterocycles. The molecule has 0 saturated heterocycles. The molecule has 0 N–H and O–H groups in total.